The molecule has 1 aliphatic heterocycles. The Kier molecular flexibility index (Phi) is 3.83. The van der Waals surface area contributed by atoms with Crippen LogP contribution in [0.1, 0.15) is 6.92 Å². The van der Waals surface area contributed by atoms with Crippen LogP contribution in [0.4, 0.5) is 5.95 Å². The van der Waals surface area contributed by atoms with E-state index in [0.717, 1.165) is 25.2 Å². The van der Waals surface area contributed by atoms with Crippen molar-refractivity contribution in [1.29, 1.82) is 0 Å². The number of aromatic amines is 1. The maximum atomic E-state index is 6.19. The van der Waals surface area contributed by atoms with Crippen LogP contribution in [0.25, 0.3) is 11.4 Å². The Morgan fingerprint density at radius 1 is 1.35 bits per heavy atom. The van der Waals surface area contributed by atoms with Crippen molar-refractivity contribution in [1.82, 2.24) is 20.5 Å². The lowest BCUT2D eigenvalue weighted by molar-refractivity contribution is 0.480. The average Bonchev–Trinajstić information content (AvgIpc) is 2.88. The van der Waals surface area contributed by atoms with Crippen LogP contribution in [0, 0.1) is 0 Å². The molecule has 1 saturated heterocycles. The molecule has 5 nitrogen and oxygen atoms in total. The summed E-state index contributed by atoms with van der Waals surface area (Å²) in [6, 6.07) is 5.77. The van der Waals surface area contributed by atoms with Crippen molar-refractivity contribution in [3.63, 3.8) is 0 Å². The minimum atomic E-state index is 0.435. The van der Waals surface area contributed by atoms with Gasteiger partial charge in [-0.2, -0.15) is 4.98 Å². The van der Waals surface area contributed by atoms with Crippen molar-refractivity contribution in [3.05, 3.63) is 28.2 Å². The molecule has 1 aliphatic rings. The van der Waals surface area contributed by atoms with Gasteiger partial charge in [0.15, 0.2) is 5.82 Å². The quantitative estimate of drug-likeness (QED) is 0.895. The highest BCUT2D eigenvalue weighted by Gasteiger charge is 2.20. The summed E-state index contributed by atoms with van der Waals surface area (Å²) in [5.41, 5.74) is 0.804. The molecular formula is C13H15Cl2N5. The molecular weight excluding hydrogens is 297 g/mol. The number of hydrogen-bond donors (Lipinski definition) is 2. The molecule has 0 bridgehead atoms. The smallest absolute Gasteiger partial charge is 0.245 e. The second-order valence-corrected chi connectivity index (χ2v) is 5.75. The van der Waals surface area contributed by atoms with Crippen molar-refractivity contribution in [2.45, 2.75) is 13.0 Å². The number of nitrogens with one attached hydrogen (secondary N) is 2. The Bertz CT molecular complexity index is 613. The van der Waals surface area contributed by atoms with Crippen LogP contribution < -0.4 is 10.2 Å². The normalized spacial score (nSPS) is 19.4. The summed E-state index contributed by atoms with van der Waals surface area (Å²) in [6.45, 7) is 4.88. The summed E-state index contributed by atoms with van der Waals surface area (Å²) in [7, 11) is 0. The topological polar surface area (TPSA) is 56.8 Å². The number of nitrogens with zero attached hydrogens (tertiary/aromatic N) is 3. The molecule has 0 amide bonds. The van der Waals surface area contributed by atoms with Crippen LogP contribution in [-0.2, 0) is 0 Å². The van der Waals surface area contributed by atoms with Gasteiger partial charge in [0, 0.05) is 36.3 Å². The number of halogens is 2. The van der Waals surface area contributed by atoms with E-state index >= 15 is 0 Å². The molecule has 1 fully saturated rings. The van der Waals surface area contributed by atoms with Gasteiger partial charge in [-0.1, -0.05) is 23.2 Å². The Hall–Kier alpha value is -1.30. The highest BCUT2D eigenvalue weighted by Crippen LogP contribution is 2.28. The Morgan fingerprint density at radius 2 is 2.20 bits per heavy atom. The molecule has 3 rings (SSSR count). The summed E-state index contributed by atoms with van der Waals surface area (Å²) >= 11 is 12.1. The molecule has 2 heterocycles. The first-order chi connectivity index (χ1) is 9.63. The van der Waals surface area contributed by atoms with E-state index in [-0.39, 0.29) is 0 Å². The first kappa shape index (κ1) is 13.7. The van der Waals surface area contributed by atoms with Crippen molar-refractivity contribution in [2.24, 2.45) is 0 Å². The van der Waals surface area contributed by atoms with E-state index in [4.69, 9.17) is 23.2 Å². The van der Waals surface area contributed by atoms with Gasteiger partial charge in [-0.05, 0) is 25.1 Å². The maximum Gasteiger partial charge on any atom is 0.245 e. The second-order valence-electron chi connectivity index (χ2n) is 4.91. The zero-order valence-corrected chi connectivity index (χ0v) is 12.5. The molecule has 1 aromatic heterocycles. The van der Waals surface area contributed by atoms with Crippen molar-refractivity contribution in [3.8, 4) is 11.4 Å². The SMILES string of the molecule is C[C@@H]1CN(c2n[nH]c(-c3ccc(Cl)cc3Cl)n2)CCN1. The fraction of sp³-hybridized carbons (Fsp3) is 0.385. The van der Waals surface area contributed by atoms with Crippen LogP contribution in [0.3, 0.4) is 0 Å². The molecule has 0 spiro atoms. The minimum Gasteiger partial charge on any atom is -0.337 e. The summed E-state index contributed by atoms with van der Waals surface area (Å²) in [6.07, 6.45) is 0. The van der Waals surface area contributed by atoms with Gasteiger partial charge in [0.1, 0.15) is 0 Å². The first-order valence-corrected chi connectivity index (χ1v) is 7.25. The maximum absolute atomic E-state index is 6.19. The third-order valence-electron chi connectivity index (χ3n) is 3.31. The third kappa shape index (κ3) is 2.75. The highest BCUT2D eigenvalue weighted by molar-refractivity contribution is 6.36. The highest BCUT2D eigenvalue weighted by atomic mass is 35.5. The molecule has 0 saturated carbocycles. The van der Waals surface area contributed by atoms with Crippen LogP contribution in [0.15, 0.2) is 18.2 Å². The van der Waals surface area contributed by atoms with Crippen molar-refractivity contribution >= 4 is 29.2 Å². The molecule has 1 aromatic carbocycles. The number of rotatable bonds is 2. The molecule has 0 unspecified atom stereocenters. The summed E-state index contributed by atoms with van der Waals surface area (Å²) < 4.78 is 0. The first-order valence-electron chi connectivity index (χ1n) is 6.49. The van der Waals surface area contributed by atoms with Gasteiger partial charge in [0.25, 0.3) is 0 Å². The molecule has 0 radical (unpaired) electrons. The van der Waals surface area contributed by atoms with Crippen LogP contribution in [0.2, 0.25) is 10.0 Å². The lowest BCUT2D eigenvalue weighted by Gasteiger charge is -2.30. The predicted octanol–water partition coefficient (Wildman–Crippen LogP) is 2.58. The zero-order chi connectivity index (χ0) is 14.1. The summed E-state index contributed by atoms with van der Waals surface area (Å²) in [4.78, 5) is 6.69. The summed E-state index contributed by atoms with van der Waals surface area (Å²) in [5.74, 6) is 1.37. The van der Waals surface area contributed by atoms with Crippen LogP contribution in [-0.4, -0.2) is 40.9 Å². The Labute approximate surface area is 127 Å². The Balaban J connectivity index is 1.86. The molecule has 2 N–H and O–H groups in total. The second kappa shape index (κ2) is 5.60. The zero-order valence-electron chi connectivity index (χ0n) is 11.0. The summed E-state index contributed by atoms with van der Waals surface area (Å²) in [5, 5.41) is 11.8. The average molecular weight is 312 g/mol. The van der Waals surface area contributed by atoms with Crippen LogP contribution in [0.5, 0.6) is 0 Å². The van der Waals surface area contributed by atoms with Gasteiger partial charge >= 0.3 is 0 Å². The number of hydrogen-bond acceptors (Lipinski definition) is 4. The van der Waals surface area contributed by atoms with E-state index in [1.54, 1.807) is 12.1 Å². The van der Waals surface area contributed by atoms with Gasteiger partial charge in [-0.15, -0.1) is 5.10 Å². The largest absolute Gasteiger partial charge is 0.337 e. The Morgan fingerprint density at radius 3 is 2.95 bits per heavy atom. The molecule has 0 aliphatic carbocycles. The fourth-order valence-corrected chi connectivity index (χ4v) is 2.81. The number of anilines is 1. The molecule has 2 aromatic rings. The van der Waals surface area contributed by atoms with E-state index < -0.39 is 0 Å². The standard InChI is InChI=1S/C13H15Cl2N5/c1-8-7-20(5-4-16-8)13-17-12(18-19-13)10-3-2-9(14)6-11(10)15/h2-3,6,8,16H,4-5,7H2,1H3,(H,17,18,19)/t8-/m1/s1. The van der Waals surface area contributed by atoms with Crippen molar-refractivity contribution < 1.29 is 0 Å². The fourth-order valence-electron chi connectivity index (χ4n) is 2.31. The number of H-pyrrole nitrogens is 1. The lowest BCUT2D eigenvalue weighted by Crippen LogP contribution is -2.49. The van der Waals surface area contributed by atoms with Gasteiger partial charge in [-0.3, -0.25) is 5.10 Å². The molecule has 20 heavy (non-hydrogen) atoms. The van der Waals surface area contributed by atoms with Crippen LogP contribution >= 0.6 is 23.2 Å². The number of aromatic nitrogens is 3. The van der Waals surface area contributed by atoms with Crippen molar-refractivity contribution in [2.75, 3.05) is 24.5 Å². The molecule has 106 valence electrons. The van der Waals surface area contributed by atoms with E-state index in [1.165, 1.54) is 0 Å². The number of benzene rings is 1. The van der Waals surface area contributed by atoms with E-state index in [9.17, 15) is 0 Å². The number of piperazine rings is 1. The van der Waals surface area contributed by atoms with Gasteiger partial charge in [0.05, 0.1) is 5.02 Å². The van der Waals surface area contributed by atoms with Gasteiger partial charge in [0.2, 0.25) is 5.95 Å². The van der Waals surface area contributed by atoms with E-state index in [2.05, 4.69) is 32.3 Å². The molecule has 1 atom stereocenters. The van der Waals surface area contributed by atoms with E-state index in [0.29, 0.717) is 27.9 Å². The lowest BCUT2D eigenvalue weighted by atomic mass is 10.2. The van der Waals surface area contributed by atoms with Gasteiger partial charge in [-0.25, -0.2) is 0 Å². The van der Waals surface area contributed by atoms with E-state index in [1.807, 2.05) is 6.07 Å². The van der Waals surface area contributed by atoms with Gasteiger partial charge < -0.3 is 10.2 Å². The third-order valence-corrected chi connectivity index (χ3v) is 3.86. The minimum absolute atomic E-state index is 0.435. The monoisotopic (exact) mass is 311 g/mol. The molecule has 7 heteroatoms. The predicted molar refractivity (Wildman–Crippen MR) is 81.5 cm³/mol.